The summed E-state index contributed by atoms with van der Waals surface area (Å²) in [7, 11) is 5.28. The van der Waals surface area contributed by atoms with Gasteiger partial charge in [-0.15, -0.1) is 0 Å². The molecule has 1 aromatic carbocycles. The standard InChI is InChI=1S/C12H15N3O.2H2O/c1-15(2)8-9(7-13)11-5-4-10(14)6-12(11)16-3;;/h4-6,8H,14H2,1-3H3;2*1H2/b9-8+;;. The fourth-order valence-corrected chi connectivity index (χ4v) is 1.35. The Kier molecular flexibility index (Phi) is 8.01. The molecule has 0 unspecified atom stereocenters. The number of anilines is 1. The van der Waals surface area contributed by atoms with Crippen molar-refractivity contribution in [3.63, 3.8) is 0 Å². The lowest BCUT2D eigenvalue weighted by Crippen LogP contribution is -2.03. The van der Waals surface area contributed by atoms with Crippen LogP contribution < -0.4 is 10.5 Å². The van der Waals surface area contributed by atoms with E-state index in [1.54, 1.807) is 31.5 Å². The lowest BCUT2D eigenvalue weighted by Gasteiger charge is -2.10. The monoisotopic (exact) mass is 253 g/mol. The molecule has 6 heteroatoms. The molecule has 6 N–H and O–H groups in total. The number of ether oxygens (including phenoxy) is 1. The number of methoxy groups -OCH3 is 1. The highest BCUT2D eigenvalue weighted by Gasteiger charge is 2.08. The van der Waals surface area contributed by atoms with Crippen molar-refractivity contribution in [3.05, 3.63) is 30.0 Å². The number of nitrogens with two attached hydrogens (primary N) is 1. The smallest absolute Gasteiger partial charge is 0.129 e. The summed E-state index contributed by atoms with van der Waals surface area (Å²) in [6.45, 7) is 0. The number of hydrogen-bond acceptors (Lipinski definition) is 4. The van der Waals surface area contributed by atoms with Gasteiger partial charge in [-0.05, 0) is 12.1 Å². The second kappa shape index (κ2) is 7.95. The summed E-state index contributed by atoms with van der Waals surface area (Å²) < 4.78 is 5.20. The van der Waals surface area contributed by atoms with Gasteiger partial charge in [0.15, 0.2) is 0 Å². The Labute approximate surface area is 106 Å². The van der Waals surface area contributed by atoms with Gasteiger partial charge in [0.05, 0.1) is 12.7 Å². The lowest BCUT2D eigenvalue weighted by molar-refractivity contribution is 0.413. The van der Waals surface area contributed by atoms with E-state index in [1.165, 1.54) is 0 Å². The summed E-state index contributed by atoms with van der Waals surface area (Å²) in [5.41, 5.74) is 7.55. The molecule has 0 radical (unpaired) electrons. The van der Waals surface area contributed by atoms with Crippen LogP contribution in [-0.4, -0.2) is 37.1 Å². The first-order chi connectivity index (χ1) is 7.58. The molecule has 0 aliphatic rings. The van der Waals surface area contributed by atoms with E-state index in [2.05, 4.69) is 6.07 Å². The van der Waals surface area contributed by atoms with Crippen LogP contribution in [-0.2, 0) is 0 Å². The normalized spacial score (nSPS) is 9.56. The van der Waals surface area contributed by atoms with Gasteiger partial charge in [0.1, 0.15) is 11.8 Å². The molecule has 0 fully saturated rings. The van der Waals surface area contributed by atoms with Crippen molar-refractivity contribution in [3.8, 4) is 11.8 Å². The van der Waals surface area contributed by atoms with Crippen molar-refractivity contribution in [2.75, 3.05) is 26.9 Å². The molecule has 0 heterocycles. The lowest BCUT2D eigenvalue weighted by atomic mass is 10.1. The maximum atomic E-state index is 9.09. The van der Waals surface area contributed by atoms with Gasteiger partial charge in [-0.3, -0.25) is 0 Å². The Hall–Kier alpha value is -2.23. The number of allylic oxidation sites excluding steroid dienone is 1. The second-order valence-corrected chi connectivity index (χ2v) is 3.58. The molecule has 18 heavy (non-hydrogen) atoms. The molecular formula is C12H19N3O3. The predicted octanol–water partition coefficient (Wildman–Crippen LogP) is 0.0541. The van der Waals surface area contributed by atoms with Crippen LogP contribution in [0.1, 0.15) is 5.56 Å². The molecule has 0 aromatic heterocycles. The predicted molar refractivity (Wildman–Crippen MR) is 71.9 cm³/mol. The van der Waals surface area contributed by atoms with Crippen LogP contribution in [0.2, 0.25) is 0 Å². The zero-order chi connectivity index (χ0) is 12.1. The third-order valence-electron chi connectivity index (χ3n) is 2.02. The molecule has 1 rings (SSSR count). The highest BCUT2D eigenvalue weighted by molar-refractivity contribution is 5.80. The minimum absolute atomic E-state index is 0. The zero-order valence-electron chi connectivity index (χ0n) is 10.7. The van der Waals surface area contributed by atoms with Gasteiger partial charge in [0.2, 0.25) is 0 Å². The topological polar surface area (TPSA) is 125 Å². The van der Waals surface area contributed by atoms with Crippen molar-refractivity contribution >= 4 is 11.3 Å². The van der Waals surface area contributed by atoms with Gasteiger partial charge in [0, 0.05) is 37.6 Å². The van der Waals surface area contributed by atoms with E-state index < -0.39 is 0 Å². The van der Waals surface area contributed by atoms with E-state index in [9.17, 15) is 0 Å². The summed E-state index contributed by atoms with van der Waals surface area (Å²) in [4.78, 5) is 1.81. The molecule has 0 aliphatic heterocycles. The molecule has 0 amide bonds. The number of rotatable bonds is 3. The second-order valence-electron chi connectivity index (χ2n) is 3.58. The number of nitriles is 1. The molecular weight excluding hydrogens is 234 g/mol. The summed E-state index contributed by atoms with van der Waals surface area (Å²) in [6.07, 6.45) is 1.74. The van der Waals surface area contributed by atoms with E-state index in [4.69, 9.17) is 15.7 Å². The summed E-state index contributed by atoms with van der Waals surface area (Å²) in [6, 6.07) is 7.38. The van der Waals surface area contributed by atoms with E-state index in [0.717, 1.165) is 5.56 Å². The molecule has 0 saturated carbocycles. The average Bonchev–Trinajstić information content (AvgIpc) is 2.25. The Balaban J connectivity index is 0. The fraction of sp³-hybridized carbons (Fsp3) is 0.250. The molecule has 1 aromatic rings. The SMILES string of the molecule is COc1cc(N)ccc1/C(C#N)=C/N(C)C.O.O. The Bertz CT molecular complexity index is 450. The Morgan fingerprint density at radius 2 is 2.00 bits per heavy atom. The molecule has 0 aliphatic carbocycles. The van der Waals surface area contributed by atoms with Gasteiger partial charge in [-0.25, -0.2) is 0 Å². The quantitative estimate of drug-likeness (QED) is 0.603. The van der Waals surface area contributed by atoms with E-state index in [-0.39, 0.29) is 11.0 Å². The average molecular weight is 253 g/mol. The van der Waals surface area contributed by atoms with Crippen LogP contribution in [0.25, 0.3) is 5.57 Å². The van der Waals surface area contributed by atoms with E-state index in [1.807, 2.05) is 19.0 Å². The molecule has 6 nitrogen and oxygen atoms in total. The van der Waals surface area contributed by atoms with Crippen molar-refractivity contribution < 1.29 is 15.7 Å². The Morgan fingerprint density at radius 3 is 2.44 bits per heavy atom. The molecule has 0 atom stereocenters. The van der Waals surface area contributed by atoms with Crippen molar-refractivity contribution in [1.29, 1.82) is 5.26 Å². The van der Waals surface area contributed by atoms with Crippen LogP contribution in [0.3, 0.4) is 0 Å². The maximum Gasteiger partial charge on any atom is 0.129 e. The number of nitrogens with zero attached hydrogens (tertiary/aromatic N) is 2. The first-order valence-electron chi connectivity index (χ1n) is 4.80. The van der Waals surface area contributed by atoms with Crippen molar-refractivity contribution in [1.82, 2.24) is 4.90 Å². The van der Waals surface area contributed by atoms with Crippen LogP contribution in [0.4, 0.5) is 5.69 Å². The van der Waals surface area contributed by atoms with Gasteiger partial charge < -0.3 is 26.3 Å². The van der Waals surface area contributed by atoms with Crippen molar-refractivity contribution in [2.45, 2.75) is 0 Å². The minimum Gasteiger partial charge on any atom is -0.496 e. The van der Waals surface area contributed by atoms with Crippen LogP contribution in [0, 0.1) is 11.3 Å². The summed E-state index contributed by atoms with van der Waals surface area (Å²) in [5, 5.41) is 9.09. The van der Waals surface area contributed by atoms with Gasteiger partial charge in [-0.2, -0.15) is 5.26 Å². The largest absolute Gasteiger partial charge is 0.496 e. The molecule has 100 valence electrons. The summed E-state index contributed by atoms with van der Waals surface area (Å²) in [5.74, 6) is 0.606. The Morgan fingerprint density at radius 1 is 1.39 bits per heavy atom. The first kappa shape index (κ1) is 18.1. The third-order valence-corrected chi connectivity index (χ3v) is 2.02. The van der Waals surface area contributed by atoms with Crippen molar-refractivity contribution in [2.24, 2.45) is 0 Å². The summed E-state index contributed by atoms with van der Waals surface area (Å²) >= 11 is 0. The highest BCUT2D eigenvalue weighted by Crippen LogP contribution is 2.27. The fourth-order valence-electron chi connectivity index (χ4n) is 1.35. The van der Waals surface area contributed by atoms with Gasteiger partial charge in [-0.1, -0.05) is 0 Å². The van der Waals surface area contributed by atoms with Gasteiger partial charge in [0.25, 0.3) is 0 Å². The highest BCUT2D eigenvalue weighted by atomic mass is 16.5. The third kappa shape index (κ3) is 4.33. The number of nitrogen functional groups attached to an aromatic ring is 1. The molecule has 0 saturated heterocycles. The maximum absolute atomic E-state index is 9.09. The van der Waals surface area contributed by atoms with E-state index in [0.29, 0.717) is 17.0 Å². The first-order valence-corrected chi connectivity index (χ1v) is 4.80. The van der Waals surface area contributed by atoms with Crippen LogP contribution in [0.15, 0.2) is 24.4 Å². The zero-order valence-corrected chi connectivity index (χ0v) is 10.7. The van der Waals surface area contributed by atoms with Crippen LogP contribution >= 0.6 is 0 Å². The number of hydrogen-bond donors (Lipinski definition) is 1. The molecule has 0 spiro atoms. The minimum atomic E-state index is 0. The van der Waals surface area contributed by atoms with E-state index >= 15 is 0 Å². The molecule has 0 bridgehead atoms. The number of benzene rings is 1. The van der Waals surface area contributed by atoms with Crippen LogP contribution in [0.5, 0.6) is 5.75 Å². The van der Waals surface area contributed by atoms with Gasteiger partial charge >= 0.3 is 0 Å².